The number of fused-ring (bicyclic) bond motifs is 5. The van der Waals surface area contributed by atoms with Gasteiger partial charge in [-0.2, -0.15) is 0 Å². The van der Waals surface area contributed by atoms with Gasteiger partial charge in [0.25, 0.3) is 5.91 Å². The minimum Gasteiger partial charge on any atom is -0.393 e. The van der Waals surface area contributed by atoms with Gasteiger partial charge in [0.15, 0.2) is 6.54 Å². The summed E-state index contributed by atoms with van der Waals surface area (Å²) >= 11 is 0. The average Bonchev–Trinajstić information content (AvgIpc) is 3.05. The summed E-state index contributed by atoms with van der Waals surface area (Å²) in [5.41, 5.74) is 0.707. The maximum absolute atomic E-state index is 12.8. The first kappa shape index (κ1) is 21.2. The zero-order valence-corrected chi connectivity index (χ0v) is 19.1. The molecule has 30 heavy (non-hydrogen) atoms. The third-order valence-electron chi connectivity index (χ3n) is 10.6. The van der Waals surface area contributed by atoms with Crippen LogP contribution in [-0.4, -0.2) is 56.0 Å². The number of ether oxygens (including phenoxy) is 1. The molecule has 5 aliphatic rings. The third-order valence-corrected chi connectivity index (χ3v) is 10.6. The van der Waals surface area contributed by atoms with E-state index in [9.17, 15) is 9.90 Å². The van der Waals surface area contributed by atoms with E-state index in [0.717, 1.165) is 69.2 Å². The largest absolute Gasteiger partial charge is 0.393 e. The molecule has 5 rings (SSSR count). The number of amides is 1. The van der Waals surface area contributed by atoms with Crippen LogP contribution in [0.15, 0.2) is 0 Å². The predicted octanol–water partition coefficient (Wildman–Crippen LogP) is 1.79. The van der Waals surface area contributed by atoms with Crippen molar-refractivity contribution < 1.29 is 19.5 Å². The minimum absolute atomic E-state index is 0.0619. The standard InChI is InChI=1S/C25H42N2O3/c1-24-9-7-18(28)15-17(24)3-4-19-20-5-6-22(25(20,2)10-8-21(19)24)26-23(29)16-27-11-13-30-14-12-27/h17-22,28H,3-16H2,1-2H3,(H,26,29)/p+1/t17-,18-,19-,20+,21-,22+,24-,25-/m0/s1. The SMILES string of the molecule is C[C@]12CC[C@H]3[C@@H](CC[C@H]4C[C@@H](O)CC[C@@]43C)[C@H]1CC[C@H]2NC(=O)C[NH+]1CCOCC1. The highest BCUT2D eigenvalue weighted by molar-refractivity contribution is 5.77. The molecule has 4 aliphatic carbocycles. The molecule has 0 spiro atoms. The second-order valence-corrected chi connectivity index (χ2v) is 11.9. The summed E-state index contributed by atoms with van der Waals surface area (Å²) in [6.45, 7) is 9.13. The van der Waals surface area contributed by atoms with Gasteiger partial charge in [-0.05, 0) is 92.3 Å². The number of hydrogen-bond donors (Lipinski definition) is 3. The summed E-state index contributed by atoms with van der Waals surface area (Å²) in [4.78, 5) is 14.2. The lowest BCUT2D eigenvalue weighted by molar-refractivity contribution is -0.900. The van der Waals surface area contributed by atoms with E-state index in [2.05, 4.69) is 19.2 Å². The highest BCUT2D eigenvalue weighted by Crippen LogP contribution is 2.66. The molecule has 3 N–H and O–H groups in total. The van der Waals surface area contributed by atoms with Gasteiger partial charge >= 0.3 is 0 Å². The normalized spacial score (nSPS) is 49.0. The van der Waals surface area contributed by atoms with Crippen molar-refractivity contribution in [3.05, 3.63) is 0 Å². The van der Waals surface area contributed by atoms with Gasteiger partial charge in [-0.15, -0.1) is 0 Å². The highest BCUT2D eigenvalue weighted by atomic mass is 16.5. The molecule has 1 amide bonds. The molecule has 170 valence electrons. The fraction of sp³-hybridized carbons (Fsp3) is 0.960. The molecule has 0 aromatic heterocycles. The molecule has 0 radical (unpaired) electrons. The van der Waals surface area contributed by atoms with Gasteiger partial charge < -0.3 is 20.1 Å². The molecule has 1 saturated heterocycles. The second-order valence-electron chi connectivity index (χ2n) is 11.9. The first-order chi connectivity index (χ1) is 14.4. The van der Waals surface area contributed by atoms with Crippen molar-refractivity contribution in [1.29, 1.82) is 0 Å². The van der Waals surface area contributed by atoms with E-state index < -0.39 is 0 Å². The minimum atomic E-state index is -0.0619. The van der Waals surface area contributed by atoms with Crippen LogP contribution >= 0.6 is 0 Å². The van der Waals surface area contributed by atoms with Crippen LogP contribution in [0.4, 0.5) is 0 Å². The summed E-state index contributed by atoms with van der Waals surface area (Å²) in [6.07, 6.45) is 10.9. The van der Waals surface area contributed by atoms with Crippen molar-refractivity contribution in [2.24, 2.45) is 34.5 Å². The lowest BCUT2D eigenvalue weighted by Crippen LogP contribution is -3.15. The van der Waals surface area contributed by atoms with Crippen LogP contribution < -0.4 is 10.2 Å². The van der Waals surface area contributed by atoms with Crippen LogP contribution in [-0.2, 0) is 9.53 Å². The number of hydrogen-bond acceptors (Lipinski definition) is 3. The van der Waals surface area contributed by atoms with Crippen LogP contribution in [0.5, 0.6) is 0 Å². The number of carbonyl (C=O) groups is 1. The maximum atomic E-state index is 12.8. The lowest BCUT2D eigenvalue weighted by Gasteiger charge is -2.60. The molecular weight excluding hydrogens is 376 g/mol. The van der Waals surface area contributed by atoms with E-state index in [4.69, 9.17) is 4.74 Å². The molecule has 4 saturated carbocycles. The molecule has 5 fully saturated rings. The Morgan fingerprint density at radius 2 is 1.73 bits per heavy atom. The second kappa shape index (κ2) is 8.04. The molecule has 1 aliphatic heterocycles. The smallest absolute Gasteiger partial charge is 0.275 e. The van der Waals surface area contributed by atoms with Gasteiger partial charge in [0.1, 0.15) is 13.1 Å². The van der Waals surface area contributed by atoms with Crippen molar-refractivity contribution in [1.82, 2.24) is 5.32 Å². The number of aliphatic hydroxyl groups excluding tert-OH is 1. The Balaban J connectivity index is 1.25. The number of nitrogens with one attached hydrogen (secondary N) is 2. The van der Waals surface area contributed by atoms with E-state index in [1.54, 1.807) is 0 Å². The van der Waals surface area contributed by atoms with Crippen molar-refractivity contribution >= 4 is 5.91 Å². The Morgan fingerprint density at radius 3 is 2.53 bits per heavy atom. The van der Waals surface area contributed by atoms with Crippen molar-refractivity contribution in [2.45, 2.75) is 83.8 Å². The van der Waals surface area contributed by atoms with Crippen molar-refractivity contribution in [2.75, 3.05) is 32.8 Å². The first-order valence-corrected chi connectivity index (χ1v) is 12.8. The predicted molar refractivity (Wildman–Crippen MR) is 116 cm³/mol. The first-order valence-electron chi connectivity index (χ1n) is 12.8. The zero-order chi connectivity index (χ0) is 20.9. The number of carbonyl (C=O) groups excluding carboxylic acids is 1. The lowest BCUT2D eigenvalue weighted by atomic mass is 9.45. The Bertz CT molecular complexity index is 650. The zero-order valence-electron chi connectivity index (χ0n) is 19.1. The fourth-order valence-corrected chi connectivity index (χ4v) is 8.78. The van der Waals surface area contributed by atoms with Crippen molar-refractivity contribution in [3.63, 3.8) is 0 Å². The molecule has 8 atom stereocenters. The summed E-state index contributed by atoms with van der Waals surface area (Å²) in [5, 5.41) is 13.7. The Labute approximate surface area is 182 Å². The number of quaternary nitrogens is 1. The molecule has 5 heteroatoms. The van der Waals surface area contributed by atoms with Crippen LogP contribution in [0.1, 0.15) is 71.6 Å². The van der Waals surface area contributed by atoms with Gasteiger partial charge in [-0.3, -0.25) is 4.79 Å². The third kappa shape index (κ3) is 3.53. The Hall–Kier alpha value is -0.650. The van der Waals surface area contributed by atoms with Gasteiger partial charge in [-0.25, -0.2) is 0 Å². The van der Waals surface area contributed by atoms with E-state index in [-0.39, 0.29) is 17.4 Å². The monoisotopic (exact) mass is 419 g/mol. The van der Waals surface area contributed by atoms with Gasteiger partial charge in [-0.1, -0.05) is 13.8 Å². The Morgan fingerprint density at radius 1 is 1.00 bits per heavy atom. The van der Waals surface area contributed by atoms with Gasteiger partial charge in [0.2, 0.25) is 0 Å². The summed E-state index contributed by atoms with van der Waals surface area (Å²) < 4.78 is 5.44. The molecule has 1 heterocycles. The summed E-state index contributed by atoms with van der Waals surface area (Å²) in [6, 6.07) is 0.357. The van der Waals surface area contributed by atoms with Crippen LogP contribution in [0.25, 0.3) is 0 Å². The molecule has 0 aromatic carbocycles. The van der Waals surface area contributed by atoms with Gasteiger partial charge in [0, 0.05) is 6.04 Å². The van der Waals surface area contributed by atoms with Crippen LogP contribution in [0.3, 0.4) is 0 Å². The fourth-order valence-electron chi connectivity index (χ4n) is 8.78. The van der Waals surface area contributed by atoms with E-state index in [0.29, 0.717) is 18.0 Å². The molecule has 0 bridgehead atoms. The molecule has 0 unspecified atom stereocenters. The van der Waals surface area contributed by atoms with E-state index in [1.165, 1.54) is 43.4 Å². The topological polar surface area (TPSA) is 63.0 Å². The summed E-state index contributed by atoms with van der Waals surface area (Å²) in [7, 11) is 0. The van der Waals surface area contributed by atoms with Crippen LogP contribution in [0.2, 0.25) is 0 Å². The van der Waals surface area contributed by atoms with Crippen molar-refractivity contribution in [3.8, 4) is 0 Å². The van der Waals surface area contributed by atoms with Gasteiger partial charge in [0.05, 0.1) is 19.3 Å². The maximum Gasteiger partial charge on any atom is 0.275 e. The molecular formula is C25H43N2O3+. The summed E-state index contributed by atoms with van der Waals surface area (Å²) in [5.74, 6) is 3.39. The Kier molecular flexibility index (Phi) is 5.69. The number of rotatable bonds is 3. The number of morpholine rings is 1. The quantitative estimate of drug-likeness (QED) is 0.654. The van der Waals surface area contributed by atoms with Crippen LogP contribution in [0, 0.1) is 34.5 Å². The van der Waals surface area contributed by atoms with E-state index in [1.807, 2.05) is 0 Å². The highest BCUT2D eigenvalue weighted by Gasteiger charge is 2.60. The molecule has 0 aromatic rings. The molecule has 5 nitrogen and oxygen atoms in total. The number of aliphatic hydroxyl groups is 1. The average molecular weight is 420 g/mol. The van der Waals surface area contributed by atoms with E-state index >= 15 is 0 Å².